The molecule has 1 heterocycles. The van der Waals surface area contributed by atoms with Crippen molar-refractivity contribution in [1.82, 2.24) is 4.90 Å². The minimum Gasteiger partial charge on any atom is -0.339 e. The maximum absolute atomic E-state index is 13.3. The Bertz CT molecular complexity index is 1050. The third kappa shape index (κ3) is 5.16. The van der Waals surface area contributed by atoms with E-state index in [0.29, 0.717) is 25.4 Å². The van der Waals surface area contributed by atoms with Crippen LogP contribution in [-0.2, 0) is 14.4 Å². The molecule has 33 heavy (non-hydrogen) atoms. The van der Waals surface area contributed by atoms with E-state index in [1.54, 1.807) is 6.08 Å². The minimum absolute atomic E-state index is 0.0369. The summed E-state index contributed by atoms with van der Waals surface area (Å²) < 4.78 is 0. The van der Waals surface area contributed by atoms with Crippen molar-refractivity contribution in [2.45, 2.75) is 52.4 Å². The molecular formula is C29H33NO3. The summed E-state index contributed by atoms with van der Waals surface area (Å²) in [4.78, 5) is 40.6. The summed E-state index contributed by atoms with van der Waals surface area (Å²) in [5.74, 6) is -0.200. The number of piperidine rings is 1. The first-order valence-electron chi connectivity index (χ1n) is 12.0. The second kappa shape index (κ2) is 9.86. The largest absolute Gasteiger partial charge is 0.339 e. The van der Waals surface area contributed by atoms with Gasteiger partial charge in [0.2, 0.25) is 5.91 Å². The fraction of sp³-hybridized carbons (Fsp3) is 0.414. The number of carbonyl (C=O) groups is 3. The van der Waals surface area contributed by atoms with Crippen molar-refractivity contribution in [2.24, 2.45) is 11.8 Å². The fourth-order valence-electron chi connectivity index (χ4n) is 5.63. The fourth-order valence-corrected chi connectivity index (χ4v) is 5.63. The molecule has 0 bridgehead atoms. The molecule has 1 saturated carbocycles. The van der Waals surface area contributed by atoms with Crippen molar-refractivity contribution in [3.8, 4) is 0 Å². The predicted octanol–water partition coefficient (Wildman–Crippen LogP) is 5.20. The maximum Gasteiger partial charge on any atom is 0.246 e. The third-order valence-electron chi connectivity index (χ3n) is 7.25. The Morgan fingerprint density at radius 3 is 2.27 bits per heavy atom. The quantitative estimate of drug-likeness (QED) is 0.472. The number of carbonyl (C=O) groups excluding carboxylic acids is 3. The SMILES string of the molecule is Cc1cc(C)c(C2C(=O)CC(CC3CCN(C(=O)C=Cc4ccccc4)CC3)C2=O)c(C)c1. The van der Waals surface area contributed by atoms with Crippen LogP contribution in [-0.4, -0.2) is 35.5 Å². The van der Waals surface area contributed by atoms with Crippen molar-refractivity contribution >= 4 is 23.5 Å². The summed E-state index contributed by atoms with van der Waals surface area (Å²) in [5, 5.41) is 0. The molecule has 0 radical (unpaired) electrons. The second-order valence-electron chi connectivity index (χ2n) is 9.76. The Kier molecular flexibility index (Phi) is 6.92. The van der Waals surface area contributed by atoms with Crippen molar-refractivity contribution in [1.29, 1.82) is 0 Å². The normalized spacial score (nSPS) is 21.8. The van der Waals surface area contributed by atoms with Gasteiger partial charge in [-0.3, -0.25) is 14.4 Å². The number of rotatable bonds is 5. The highest BCUT2D eigenvalue weighted by Crippen LogP contribution is 2.39. The molecule has 172 valence electrons. The van der Waals surface area contributed by atoms with Crippen molar-refractivity contribution in [2.75, 3.05) is 13.1 Å². The first-order valence-corrected chi connectivity index (χ1v) is 12.0. The highest BCUT2D eigenvalue weighted by molar-refractivity contribution is 6.15. The molecule has 0 N–H and O–H groups in total. The Labute approximate surface area is 196 Å². The Morgan fingerprint density at radius 2 is 1.64 bits per heavy atom. The summed E-state index contributed by atoms with van der Waals surface area (Å²) in [6.45, 7) is 7.46. The first-order chi connectivity index (χ1) is 15.8. The lowest BCUT2D eigenvalue weighted by Crippen LogP contribution is -2.38. The molecular weight excluding hydrogens is 410 g/mol. The number of Topliss-reactive ketones (excluding diaryl/α,β-unsaturated/α-hetero) is 2. The smallest absolute Gasteiger partial charge is 0.246 e. The zero-order valence-corrected chi connectivity index (χ0v) is 19.8. The van der Waals surface area contributed by atoms with Gasteiger partial charge in [0.05, 0.1) is 0 Å². The zero-order chi connectivity index (χ0) is 23.5. The molecule has 1 aliphatic carbocycles. The van der Waals surface area contributed by atoms with Crippen LogP contribution < -0.4 is 0 Å². The number of benzene rings is 2. The summed E-state index contributed by atoms with van der Waals surface area (Å²) >= 11 is 0. The first kappa shape index (κ1) is 23.2. The molecule has 2 atom stereocenters. The van der Waals surface area contributed by atoms with E-state index in [1.165, 1.54) is 0 Å². The van der Waals surface area contributed by atoms with Gasteiger partial charge in [-0.15, -0.1) is 0 Å². The zero-order valence-electron chi connectivity index (χ0n) is 19.8. The number of aryl methyl sites for hydroxylation is 3. The van der Waals surface area contributed by atoms with Gasteiger partial charge in [0.15, 0.2) is 5.78 Å². The van der Waals surface area contributed by atoms with E-state index in [4.69, 9.17) is 0 Å². The summed E-state index contributed by atoms with van der Waals surface area (Å²) in [7, 11) is 0. The molecule has 4 nitrogen and oxygen atoms in total. The van der Waals surface area contributed by atoms with Gasteiger partial charge in [0, 0.05) is 31.5 Å². The molecule has 0 spiro atoms. The lowest BCUT2D eigenvalue weighted by Gasteiger charge is -2.32. The Balaban J connectivity index is 1.34. The van der Waals surface area contributed by atoms with Gasteiger partial charge < -0.3 is 4.90 Å². The van der Waals surface area contributed by atoms with Crippen molar-refractivity contribution in [3.63, 3.8) is 0 Å². The molecule has 1 amide bonds. The molecule has 2 aromatic carbocycles. The van der Waals surface area contributed by atoms with Gasteiger partial charge in [0.25, 0.3) is 0 Å². The van der Waals surface area contributed by atoms with E-state index in [9.17, 15) is 14.4 Å². The molecule has 2 unspecified atom stereocenters. The molecule has 2 fully saturated rings. The van der Waals surface area contributed by atoms with E-state index in [1.807, 2.05) is 62.1 Å². The third-order valence-corrected chi connectivity index (χ3v) is 7.25. The van der Waals surface area contributed by atoms with Gasteiger partial charge in [-0.05, 0) is 74.3 Å². The lowest BCUT2D eigenvalue weighted by atomic mass is 9.83. The maximum atomic E-state index is 13.3. The average Bonchev–Trinajstić information content (AvgIpc) is 3.06. The van der Waals surface area contributed by atoms with Crippen LogP contribution in [0.25, 0.3) is 6.08 Å². The van der Waals surface area contributed by atoms with Crippen LogP contribution in [0.2, 0.25) is 0 Å². The minimum atomic E-state index is -0.597. The summed E-state index contributed by atoms with van der Waals surface area (Å²) in [6.07, 6.45) is 6.38. The number of amides is 1. The number of hydrogen-bond acceptors (Lipinski definition) is 3. The number of ketones is 2. The van der Waals surface area contributed by atoms with Crippen LogP contribution in [0.15, 0.2) is 48.5 Å². The van der Waals surface area contributed by atoms with Crippen LogP contribution in [0.3, 0.4) is 0 Å². The van der Waals surface area contributed by atoms with Gasteiger partial charge >= 0.3 is 0 Å². The molecule has 1 aliphatic heterocycles. The summed E-state index contributed by atoms with van der Waals surface area (Å²) in [5.41, 5.74) is 5.16. The molecule has 4 rings (SSSR count). The summed E-state index contributed by atoms with van der Waals surface area (Å²) in [6, 6.07) is 13.9. The number of likely N-dealkylation sites (tertiary alicyclic amines) is 1. The predicted molar refractivity (Wildman–Crippen MR) is 131 cm³/mol. The Hall–Kier alpha value is -3.01. The molecule has 4 heteroatoms. The second-order valence-corrected chi connectivity index (χ2v) is 9.76. The van der Waals surface area contributed by atoms with Crippen molar-refractivity contribution in [3.05, 3.63) is 76.4 Å². The van der Waals surface area contributed by atoms with Crippen LogP contribution in [0.4, 0.5) is 0 Å². The molecule has 2 aromatic rings. The van der Waals surface area contributed by atoms with E-state index in [2.05, 4.69) is 12.1 Å². The standard InChI is InChI=1S/C29H33NO3/c1-19-15-20(2)27(21(3)16-19)28-25(31)18-24(29(28)33)17-23-11-13-30(14-12-23)26(32)10-9-22-7-5-4-6-8-22/h4-10,15-16,23-24,28H,11-14,17-18H2,1-3H3. The highest BCUT2D eigenvalue weighted by atomic mass is 16.2. The van der Waals surface area contributed by atoms with E-state index in [-0.39, 0.29) is 23.4 Å². The van der Waals surface area contributed by atoms with Crippen LogP contribution in [0, 0.1) is 32.6 Å². The number of hydrogen-bond donors (Lipinski definition) is 0. The van der Waals surface area contributed by atoms with Crippen LogP contribution in [0.5, 0.6) is 0 Å². The Morgan fingerprint density at radius 1 is 1.00 bits per heavy atom. The van der Waals surface area contributed by atoms with Crippen LogP contribution >= 0.6 is 0 Å². The average molecular weight is 444 g/mol. The monoisotopic (exact) mass is 443 g/mol. The van der Waals surface area contributed by atoms with Gasteiger partial charge in [-0.2, -0.15) is 0 Å². The lowest BCUT2D eigenvalue weighted by molar-refractivity contribution is -0.128. The van der Waals surface area contributed by atoms with Crippen LogP contribution in [0.1, 0.15) is 59.4 Å². The van der Waals surface area contributed by atoms with Gasteiger partial charge in [-0.25, -0.2) is 0 Å². The van der Waals surface area contributed by atoms with Crippen molar-refractivity contribution < 1.29 is 14.4 Å². The van der Waals surface area contributed by atoms with Gasteiger partial charge in [-0.1, -0.05) is 48.0 Å². The topological polar surface area (TPSA) is 54.5 Å². The van der Waals surface area contributed by atoms with E-state index < -0.39 is 5.92 Å². The molecule has 2 aliphatic rings. The van der Waals surface area contributed by atoms with Gasteiger partial charge in [0.1, 0.15) is 11.7 Å². The molecule has 1 saturated heterocycles. The van der Waals surface area contributed by atoms with E-state index in [0.717, 1.165) is 47.1 Å². The van der Waals surface area contributed by atoms with E-state index >= 15 is 0 Å². The molecule has 0 aromatic heterocycles. The number of nitrogens with zero attached hydrogens (tertiary/aromatic N) is 1. The highest BCUT2D eigenvalue weighted by Gasteiger charge is 2.44.